The molecule has 4 rings (SSSR count). The minimum atomic E-state index is -0.238. The number of benzene rings is 2. The Morgan fingerprint density at radius 2 is 1.90 bits per heavy atom. The van der Waals surface area contributed by atoms with E-state index in [0.717, 1.165) is 25.7 Å². The van der Waals surface area contributed by atoms with Crippen molar-refractivity contribution < 1.29 is 4.79 Å². The number of fused-ring (bicyclic) bond motifs is 1. The highest BCUT2D eigenvalue weighted by Crippen LogP contribution is 2.32. The number of hydrogen-bond donors (Lipinski definition) is 1. The average molecular weight is 404 g/mol. The van der Waals surface area contributed by atoms with Crippen molar-refractivity contribution in [1.29, 1.82) is 5.26 Å². The molecule has 29 heavy (non-hydrogen) atoms. The molecular weight excluding hydrogens is 384 g/mol. The molecule has 0 spiro atoms. The molecule has 6 nitrogen and oxygen atoms in total. The lowest BCUT2D eigenvalue weighted by molar-refractivity contribution is -0.113. The lowest BCUT2D eigenvalue weighted by atomic mass is 10.2. The zero-order valence-electron chi connectivity index (χ0n) is 15.8. The maximum absolute atomic E-state index is 13.1. The normalized spacial score (nSPS) is 14.0. The van der Waals surface area contributed by atoms with Crippen molar-refractivity contribution in [3.05, 3.63) is 64.4 Å². The van der Waals surface area contributed by atoms with Gasteiger partial charge in [0.25, 0.3) is 5.56 Å². The first-order valence-electron chi connectivity index (χ1n) is 9.60. The molecule has 1 N–H and O–H groups in total. The number of para-hydroxylation sites is 2. The van der Waals surface area contributed by atoms with Gasteiger partial charge in [-0.3, -0.25) is 14.2 Å². The Morgan fingerprint density at radius 3 is 2.69 bits per heavy atom. The quantitative estimate of drug-likeness (QED) is 0.511. The van der Waals surface area contributed by atoms with Crippen molar-refractivity contribution >= 4 is 34.3 Å². The van der Waals surface area contributed by atoms with E-state index in [4.69, 9.17) is 0 Å². The molecule has 0 atom stereocenters. The first-order chi connectivity index (χ1) is 14.2. The van der Waals surface area contributed by atoms with Gasteiger partial charge in [-0.2, -0.15) is 5.26 Å². The Bertz CT molecular complexity index is 1160. The fraction of sp³-hybridized carbons (Fsp3) is 0.273. The van der Waals surface area contributed by atoms with Gasteiger partial charge in [0.15, 0.2) is 5.16 Å². The molecule has 1 fully saturated rings. The highest BCUT2D eigenvalue weighted by molar-refractivity contribution is 7.99. The summed E-state index contributed by atoms with van der Waals surface area (Å²) in [5, 5.41) is 13.1. The largest absolute Gasteiger partial charge is 0.324 e. The molecule has 2 aromatic carbocycles. The van der Waals surface area contributed by atoms with Crippen LogP contribution in [0.1, 0.15) is 37.3 Å². The van der Waals surface area contributed by atoms with Gasteiger partial charge in [-0.1, -0.05) is 48.9 Å². The Kier molecular flexibility index (Phi) is 5.63. The fourth-order valence-corrected chi connectivity index (χ4v) is 4.58. The van der Waals surface area contributed by atoms with E-state index in [1.165, 1.54) is 11.8 Å². The van der Waals surface area contributed by atoms with Crippen molar-refractivity contribution in [2.75, 3.05) is 11.1 Å². The van der Waals surface area contributed by atoms with E-state index in [9.17, 15) is 14.9 Å². The van der Waals surface area contributed by atoms with Crippen molar-refractivity contribution in [2.45, 2.75) is 36.9 Å². The number of nitriles is 1. The lowest BCUT2D eigenvalue weighted by Crippen LogP contribution is -2.27. The Balaban J connectivity index is 1.60. The van der Waals surface area contributed by atoms with Crippen molar-refractivity contribution in [3.8, 4) is 6.07 Å². The average Bonchev–Trinajstić information content (AvgIpc) is 3.27. The number of thioether (sulfide) groups is 1. The summed E-state index contributed by atoms with van der Waals surface area (Å²) < 4.78 is 1.77. The van der Waals surface area contributed by atoms with Gasteiger partial charge >= 0.3 is 0 Å². The third kappa shape index (κ3) is 4.03. The number of amides is 1. The molecule has 146 valence electrons. The molecular formula is C22H20N4O2S. The summed E-state index contributed by atoms with van der Waals surface area (Å²) in [5.41, 5.74) is 1.50. The standard InChI is InChI=1S/C22H20N4O2S/c23-13-15-7-1-5-11-18(15)24-20(27)14-29-22-25-19-12-6-4-10-17(19)21(28)26(22)16-8-2-3-9-16/h1,4-7,10-12,16H,2-3,8-9,14H2,(H,24,27). The Hall–Kier alpha value is -3.11. The molecule has 7 heteroatoms. The Labute approximate surface area is 172 Å². The van der Waals surface area contributed by atoms with Crippen LogP contribution in [0.5, 0.6) is 0 Å². The van der Waals surface area contributed by atoms with Crippen LogP contribution in [0.4, 0.5) is 5.69 Å². The van der Waals surface area contributed by atoms with Crippen LogP contribution in [-0.4, -0.2) is 21.2 Å². The van der Waals surface area contributed by atoms with Crippen LogP contribution in [0.25, 0.3) is 10.9 Å². The highest BCUT2D eigenvalue weighted by Gasteiger charge is 2.23. The van der Waals surface area contributed by atoms with Crippen LogP contribution in [0.2, 0.25) is 0 Å². The molecule has 1 aliphatic rings. The van der Waals surface area contributed by atoms with E-state index in [0.29, 0.717) is 27.3 Å². The summed E-state index contributed by atoms with van der Waals surface area (Å²) in [6.45, 7) is 0. The minimum Gasteiger partial charge on any atom is -0.324 e. The van der Waals surface area contributed by atoms with Crippen molar-refractivity contribution in [3.63, 3.8) is 0 Å². The van der Waals surface area contributed by atoms with Crippen LogP contribution >= 0.6 is 11.8 Å². The molecule has 0 radical (unpaired) electrons. The van der Waals surface area contributed by atoms with Gasteiger partial charge in [-0.15, -0.1) is 0 Å². The van der Waals surface area contributed by atoms with Gasteiger partial charge < -0.3 is 5.32 Å². The third-order valence-electron chi connectivity index (χ3n) is 5.12. The van der Waals surface area contributed by atoms with Crippen LogP contribution in [0.3, 0.4) is 0 Å². The lowest BCUT2D eigenvalue weighted by Gasteiger charge is -2.18. The van der Waals surface area contributed by atoms with Gasteiger partial charge in [0.1, 0.15) is 6.07 Å². The van der Waals surface area contributed by atoms with E-state index in [-0.39, 0.29) is 23.3 Å². The second-order valence-electron chi connectivity index (χ2n) is 7.02. The number of aromatic nitrogens is 2. The maximum atomic E-state index is 13.1. The number of carbonyl (C=O) groups is 1. The number of nitrogens with one attached hydrogen (secondary N) is 1. The van der Waals surface area contributed by atoms with Crippen molar-refractivity contribution in [1.82, 2.24) is 9.55 Å². The smallest absolute Gasteiger partial charge is 0.262 e. The summed E-state index contributed by atoms with van der Waals surface area (Å²) in [6.07, 6.45) is 4.10. The zero-order chi connectivity index (χ0) is 20.2. The van der Waals surface area contributed by atoms with Gasteiger partial charge in [0, 0.05) is 6.04 Å². The highest BCUT2D eigenvalue weighted by atomic mass is 32.2. The van der Waals surface area contributed by atoms with Gasteiger partial charge in [-0.05, 0) is 37.1 Å². The molecule has 1 heterocycles. The predicted octanol–water partition coefficient (Wildman–Crippen LogP) is 4.11. The molecule has 1 amide bonds. The molecule has 3 aromatic rings. The minimum absolute atomic E-state index is 0.0414. The predicted molar refractivity (Wildman–Crippen MR) is 114 cm³/mol. The van der Waals surface area contributed by atoms with Crippen LogP contribution in [0.15, 0.2) is 58.5 Å². The monoisotopic (exact) mass is 404 g/mol. The first kappa shape index (κ1) is 19.2. The maximum Gasteiger partial charge on any atom is 0.262 e. The molecule has 0 aliphatic heterocycles. The fourth-order valence-electron chi connectivity index (χ4n) is 3.72. The summed E-state index contributed by atoms with van der Waals surface area (Å²) >= 11 is 1.26. The second-order valence-corrected chi connectivity index (χ2v) is 7.96. The van der Waals surface area contributed by atoms with E-state index < -0.39 is 0 Å². The molecule has 1 aromatic heterocycles. The van der Waals surface area contributed by atoms with Crippen LogP contribution in [-0.2, 0) is 4.79 Å². The SMILES string of the molecule is N#Cc1ccccc1NC(=O)CSc1nc2ccccc2c(=O)n1C1CCCC1. The van der Waals surface area contributed by atoms with Crippen LogP contribution in [0, 0.1) is 11.3 Å². The van der Waals surface area contributed by atoms with E-state index in [1.807, 2.05) is 18.2 Å². The zero-order valence-corrected chi connectivity index (χ0v) is 16.6. The Morgan fingerprint density at radius 1 is 1.17 bits per heavy atom. The van der Waals surface area contributed by atoms with Crippen LogP contribution < -0.4 is 10.9 Å². The number of anilines is 1. The van der Waals surface area contributed by atoms with Crippen molar-refractivity contribution in [2.24, 2.45) is 0 Å². The van der Waals surface area contributed by atoms with E-state index >= 15 is 0 Å². The molecule has 0 bridgehead atoms. The summed E-state index contributed by atoms with van der Waals surface area (Å²) in [6, 6.07) is 16.4. The first-order valence-corrected chi connectivity index (χ1v) is 10.6. The number of rotatable bonds is 5. The van der Waals surface area contributed by atoms with Gasteiger partial charge in [0.05, 0.1) is 27.9 Å². The number of nitrogens with zero attached hydrogens (tertiary/aromatic N) is 3. The second kappa shape index (κ2) is 8.50. The summed E-state index contributed by atoms with van der Waals surface area (Å²) in [7, 11) is 0. The van der Waals surface area contributed by atoms with E-state index in [2.05, 4.69) is 16.4 Å². The third-order valence-corrected chi connectivity index (χ3v) is 6.07. The topological polar surface area (TPSA) is 87.8 Å². The number of carbonyl (C=O) groups excluding carboxylic acids is 1. The molecule has 1 saturated carbocycles. The van der Waals surface area contributed by atoms with E-state index in [1.54, 1.807) is 34.9 Å². The number of hydrogen-bond acceptors (Lipinski definition) is 5. The molecule has 0 saturated heterocycles. The summed E-state index contributed by atoms with van der Waals surface area (Å²) in [4.78, 5) is 30.3. The molecule has 1 aliphatic carbocycles. The van der Waals surface area contributed by atoms with Gasteiger partial charge in [0.2, 0.25) is 5.91 Å². The molecule has 0 unspecified atom stereocenters. The summed E-state index contributed by atoms with van der Waals surface area (Å²) in [5.74, 6) is -0.129. The van der Waals surface area contributed by atoms with Gasteiger partial charge in [-0.25, -0.2) is 4.98 Å².